The number of H-pyrrole nitrogens is 1. The molecule has 0 radical (unpaired) electrons. The highest BCUT2D eigenvalue weighted by Crippen LogP contribution is 2.60. The fourth-order valence-electron chi connectivity index (χ4n) is 4.30. The van der Waals surface area contributed by atoms with Gasteiger partial charge in [-0.05, 0) is 38.8 Å². The minimum absolute atomic E-state index is 0.209. The summed E-state index contributed by atoms with van der Waals surface area (Å²) < 4.78 is 29.2. The third-order valence-corrected chi connectivity index (χ3v) is 5.92. The van der Waals surface area contributed by atoms with Gasteiger partial charge in [0.2, 0.25) is 0 Å². The molecule has 26 heavy (non-hydrogen) atoms. The maximum absolute atomic E-state index is 13.7. The summed E-state index contributed by atoms with van der Waals surface area (Å²) in [5.74, 6) is -4.24. The fraction of sp³-hybridized carbons (Fsp3) is 0.588. The normalized spacial score (nSPS) is 26.8. The molecular weight excluding hydrogens is 342 g/mol. The molecule has 1 amide bonds. The number of nitrogens with zero attached hydrogens (tertiary/aromatic N) is 3. The molecule has 1 saturated heterocycles. The van der Waals surface area contributed by atoms with Gasteiger partial charge in [0.15, 0.2) is 5.69 Å². The van der Waals surface area contributed by atoms with E-state index in [1.807, 2.05) is 10.9 Å². The van der Waals surface area contributed by atoms with Crippen LogP contribution in [0.3, 0.4) is 0 Å². The smallest absolute Gasteiger partial charge is 0.276 e. The maximum atomic E-state index is 13.7. The van der Waals surface area contributed by atoms with Crippen molar-refractivity contribution in [2.45, 2.75) is 37.6 Å². The number of alkyl halides is 2. The Bertz CT molecular complexity index is 853. The molecule has 2 unspecified atom stereocenters. The monoisotopic (exact) mass is 362 g/mol. The first-order chi connectivity index (χ1) is 12.5. The molecule has 2 aromatic heterocycles. The van der Waals surface area contributed by atoms with Crippen LogP contribution in [0.25, 0.3) is 0 Å². The lowest BCUT2D eigenvalue weighted by Crippen LogP contribution is -2.29. The standard InChI is InChI=1S/C17H20F2N6O/c18-17(19)12-5-11-14(6-13(12)17)23-24-15(11)16(26)22-9-7-21-25(8-9)10-1-3-20-4-2-10/h7-8,10,12-13,20H,1-6H2,(H,22,26)(H,23,24). The zero-order chi connectivity index (χ0) is 17.9. The number of nitrogens with one attached hydrogen (secondary N) is 3. The van der Waals surface area contributed by atoms with E-state index >= 15 is 0 Å². The molecule has 2 aromatic rings. The summed E-state index contributed by atoms with van der Waals surface area (Å²) in [4.78, 5) is 12.6. The average Bonchev–Trinajstić information content (AvgIpc) is 3.06. The van der Waals surface area contributed by atoms with Crippen LogP contribution < -0.4 is 10.6 Å². The maximum Gasteiger partial charge on any atom is 0.276 e. The van der Waals surface area contributed by atoms with Crippen LogP contribution in [0.2, 0.25) is 0 Å². The molecule has 5 rings (SSSR count). The van der Waals surface area contributed by atoms with Gasteiger partial charge in [0, 0.05) is 29.3 Å². The molecule has 2 atom stereocenters. The van der Waals surface area contributed by atoms with Crippen molar-refractivity contribution in [3.05, 3.63) is 29.3 Å². The third-order valence-electron chi connectivity index (χ3n) is 5.92. The Morgan fingerprint density at radius 2 is 2.04 bits per heavy atom. The van der Waals surface area contributed by atoms with Crippen molar-refractivity contribution < 1.29 is 13.6 Å². The summed E-state index contributed by atoms with van der Waals surface area (Å²) in [5.41, 5.74) is 2.11. The molecule has 7 nitrogen and oxygen atoms in total. The first-order valence-electron chi connectivity index (χ1n) is 9.04. The van der Waals surface area contributed by atoms with E-state index in [1.165, 1.54) is 0 Å². The van der Waals surface area contributed by atoms with Gasteiger partial charge in [-0.15, -0.1) is 0 Å². The molecule has 138 valence electrons. The molecule has 0 aromatic carbocycles. The van der Waals surface area contributed by atoms with Crippen LogP contribution in [0.1, 0.15) is 40.6 Å². The SMILES string of the molecule is O=C(Nc1cnn(C2CCNCC2)c1)c1n[nH]c2c1CC1C(C2)C1(F)F. The Morgan fingerprint density at radius 3 is 2.85 bits per heavy atom. The molecule has 1 saturated carbocycles. The lowest BCUT2D eigenvalue weighted by molar-refractivity contribution is 0.0851. The van der Waals surface area contributed by atoms with Crippen LogP contribution >= 0.6 is 0 Å². The summed E-state index contributed by atoms with van der Waals surface area (Å²) in [6, 6.07) is 0.328. The van der Waals surface area contributed by atoms with Crippen molar-refractivity contribution in [2.75, 3.05) is 18.4 Å². The second-order valence-corrected chi connectivity index (χ2v) is 7.47. The average molecular weight is 362 g/mol. The Kier molecular flexibility index (Phi) is 3.43. The minimum Gasteiger partial charge on any atom is -0.318 e. The van der Waals surface area contributed by atoms with Crippen LogP contribution in [-0.2, 0) is 12.8 Å². The lowest BCUT2D eigenvalue weighted by Gasteiger charge is -2.22. The number of rotatable bonds is 3. The number of halogens is 2. The largest absolute Gasteiger partial charge is 0.318 e. The first kappa shape index (κ1) is 15.9. The molecule has 0 bridgehead atoms. The van der Waals surface area contributed by atoms with Gasteiger partial charge in [0.05, 0.1) is 17.9 Å². The zero-order valence-electron chi connectivity index (χ0n) is 14.1. The number of anilines is 1. The van der Waals surface area contributed by atoms with Crippen molar-refractivity contribution in [1.82, 2.24) is 25.3 Å². The molecule has 3 N–H and O–H groups in total. The van der Waals surface area contributed by atoms with Crippen LogP contribution in [0.5, 0.6) is 0 Å². The highest BCUT2D eigenvalue weighted by atomic mass is 19.3. The Labute approximate surface area is 148 Å². The molecular formula is C17H20F2N6O. The first-order valence-corrected chi connectivity index (χ1v) is 9.04. The predicted molar refractivity (Wildman–Crippen MR) is 89.2 cm³/mol. The van der Waals surface area contributed by atoms with Crippen LogP contribution in [-0.4, -0.2) is 44.9 Å². The van der Waals surface area contributed by atoms with E-state index in [1.54, 1.807) is 6.20 Å². The number of hydrogen-bond acceptors (Lipinski definition) is 4. The summed E-state index contributed by atoms with van der Waals surface area (Å²) in [5, 5.41) is 17.3. The summed E-state index contributed by atoms with van der Waals surface area (Å²) >= 11 is 0. The molecule has 3 heterocycles. The number of hydrogen-bond donors (Lipinski definition) is 3. The lowest BCUT2D eigenvalue weighted by atomic mass is 9.96. The van der Waals surface area contributed by atoms with Crippen molar-refractivity contribution in [1.29, 1.82) is 0 Å². The van der Waals surface area contributed by atoms with E-state index in [-0.39, 0.29) is 24.4 Å². The quantitative estimate of drug-likeness (QED) is 0.776. The van der Waals surface area contributed by atoms with Crippen LogP contribution in [0, 0.1) is 11.8 Å². The van der Waals surface area contributed by atoms with Crippen LogP contribution in [0.15, 0.2) is 12.4 Å². The fourth-order valence-corrected chi connectivity index (χ4v) is 4.30. The summed E-state index contributed by atoms with van der Waals surface area (Å²) in [6.07, 6.45) is 5.90. The Hall–Kier alpha value is -2.29. The number of fused-ring (bicyclic) bond motifs is 2. The van der Waals surface area contributed by atoms with Gasteiger partial charge in [-0.1, -0.05) is 0 Å². The van der Waals surface area contributed by atoms with Gasteiger partial charge in [-0.2, -0.15) is 10.2 Å². The number of carbonyl (C=O) groups is 1. The van der Waals surface area contributed by atoms with Crippen molar-refractivity contribution >= 4 is 11.6 Å². The molecule has 9 heteroatoms. The molecule has 2 aliphatic carbocycles. The van der Waals surface area contributed by atoms with Gasteiger partial charge in [-0.3, -0.25) is 14.6 Å². The number of piperidine rings is 1. The zero-order valence-corrected chi connectivity index (χ0v) is 14.1. The van der Waals surface area contributed by atoms with E-state index < -0.39 is 17.8 Å². The predicted octanol–water partition coefficient (Wildman–Crippen LogP) is 1.76. The minimum atomic E-state index is -2.61. The van der Waals surface area contributed by atoms with Gasteiger partial charge in [0.25, 0.3) is 11.8 Å². The topological polar surface area (TPSA) is 87.6 Å². The van der Waals surface area contributed by atoms with Crippen molar-refractivity contribution in [2.24, 2.45) is 11.8 Å². The van der Waals surface area contributed by atoms with Gasteiger partial charge >= 0.3 is 0 Å². The van der Waals surface area contributed by atoms with Gasteiger partial charge < -0.3 is 10.6 Å². The number of carbonyl (C=O) groups excluding carboxylic acids is 1. The number of aromatic amines is 1. The van der Waals surface area contributed by atoms with E-state index in [4.69, 9.17) is 0 Å². The van der Waals surface area contributed by atoms with Gasteiger partial charge in [0.1, 0.15) is 0 Å². The highest BCUT2D eigenvalue weighted by molar-refractivity contribution is 6.04. The second-order valence-electron chi connectivity index (χ2n) is 7.47. The Morgan fingerprint density at radius 1 is 1.27 bits per heavy atom. The van der Waals surface area contributed by atoms with Crippen LogP contribution in [0.4, 0.5) is 14.5 Å². The number of aromatic nitrogens is 4. The highest BCUT2D eigenvalue weighted by Gasteiger charge is 2.69. The van der Waals surface area contributed by atoms with E-state index in [0.717, 1.165) is 25.9 Å². The molecule has 1 aliphatic heterocycles. The number of amides is 1. The summed E-state index contributed by atoms with van der Waals surface area (Å²) in [7, 11) is 0. The molecule has 3 aliphatic rings. The van der Waals surface area contributed by atoms with E-state index in [0.29, 0.717) is 23.0 Å². The Balaban J connectivity index is 1.30. The van der Waals surface area contributed by atoms with Gasteiger partial charge in [-0.25, -0.2) is 8.78 Å². The summed E-state index contributed by atoms with van der Waals surface area (Å²) in [6.45, 7) is 1.91. The van der Waals surface area contributed by atoms with Crippen molar-refractivity contribution in [3.63, 3.8) is 0 Å². The molecule has 0 spiro atoms. The van der Waals surface area contributed by atoms with E-state index in [9.17, 15) is 13.6 Å². The molecule has 2 fully saturated rings. The van der Waals surface area contributed by atoms with E-state index in [2.05, 4.69) is 25.9 Å². The second kappa shape index (κ2) is 5.60. The third kappa shape index (κ3) is 2.45. The van der Waals surface area contributed by atoms with Crippen molar-refractivity contribution in [3.8, 4) is 0 Å².